The van der Waals surface area contributed by atoms with Gasteiger partial charge in [-0.05, 0) is 30.5 Å². The molecule has 0 bridgehead atoms. The summed E-state index contributed by atoms with van der Waals surface area (Å²) >= 11 is 0. The fourth-order valence-corrected chi connectivity index (χ4v) is 2.49. The molecule has 0 saturated carbocycles. The van der Waals surface area contributed by atoms with Crippen molar-refractivity contribution in [3.63, 3.8) is 0 Å². The summed E-state index contributed by atoms with van der Waals surface area (Å²) in [6.45, 7) is 1.55. The number of benzene rings is 1. The minimum absolute atomic E-state index is 0.188. The van der Waals surface area contributed by atoms with E-state index in [0.29, 0.717) is 18.5 Å². The molecular formula is C15H21FN2O. The highest BCUT2D eigenvalue weighted by Crippen LogP contribution is 2.16. The molecule has 1 aliphatic rings. The van der Waals surface area contributed by atoms with Gasteiger partial charge in [-0.3, -0.25) is 4.79 Å². The normalized spacial score (nSPS) is 17.2. The number of nitrogens with two attached hydrogens (primary N) is 1. The minimum atomic E-state index is -0.273. The molecule has 0 aromatic heterocycles. The van der Waals surface area contributed by atoms with E-state index in [1.54, 1.807) is 12.1 Å². The quantitative estimate of drug-likeness (QED) is 0.912. The zero-order valence-electron chi connectivity index (χ0n) is 11.2. The Hall–Kier alpha value is -1.42. The first-order chi connectivity index (χ1) is 9.20. The Morgan fingerprint density at radius 1 is 1.21 bits per heavy atom. The van der Waals surface area contributed by atoms with Gasteiger partial charge < -0.3 is 10.6 Å². The van der Waals surface area contributed by atoms with E-state index < -0.39 is 0 Å². The van der Waals surface area contributed by atoms with Crippen LogP contribution in [0.15, 0.2) is 18.2 Å². The summed E-state index contributed by atoms with van der Waals surface area (Å²) in [7, 11) is 0. The first kappa shape index (κ1) is 14.0. The molecule has 1 fully saturated rings. The lowest BCUT2D eigenvalue weighted by molar-refractivity contribution is -0.132. The lowest BCUT2D eigenvalue weighted by Crippen LogP contribution is -2.32. The number of carbonyl (C=O) groups is 1. The van der Waals surface area contributed by atoms with Crippen molar-refractivity contribution in [3.05, 3.63) is 35.1 Å². The van der Waals surface area contributed by atoms with Gasteiger partial charge in [0.1, 0.15) is 5.82 Å². The highest BCUT2D eigenvalue weighted by atomic mass is 19.1. The molecule has 0 aliphatic carbocycles. The molecule has 4 heteroatoms. The van der Waals surface area contributed by atoms with Crippen LogP contribution < -0.4 is 5.73 Å². The Bertz CT molecular complexity index is 448. The molecule has 1 saturated heterocycles. The Morgan fingerprint density at radius 2 is 2.00 bits per heavy atom. The van der Waals surface area contributed by atoms with Gasteiger partial charge in [-0.2, -0.15) is 0 Å². The second-order valence-corrected chi connectivity index (χ2v) is 5.11. The standard InChI is InChI=1S/C15H21FN2O/c16-14-7-6-12(9-13(14)10-17)11-18-8-4-2-1-3-5-15(18)19/h6-7,9H,1-5,8,10-11,17H2. The van der Waals surface area contributed by atoms with Gasteiger partial charge in [0.15, 0.2) is 0 Å². The van der Waals surface area contributed by atoms with E-state index in [4.69, 9.17) is 5.73 Å². The predicted molar refractivity (Wildman–Crippen MR) is 72.8 cm³/mol. The highest BCUT2D eigenvalue weighted by Gasteiger charge is 2.16. The fraction of sp³-hybridized carbons (Fsp3) is 0.533. The average molecular weight is 264 g/mol. The monoisotopic (exact) mass is 264 g/mol. The molecule has 1 aromatic carbocycles. The fourth-order valence-electron chi connectivity index (χ4n) is 2.49. The summed E-state index contributed by atoms with van der Waals surface area (Å²) in [6.07, 6.45) is 4.99. The Balaban J connectivity index is 2.07. The first-order valence-corrected chi connectivity index (χ1v) is 6.96. The first-order valence-electron chi connectivity index (χ1n) is 6.96. The number of hydrogen-bond acceptors (Lipinski definition) is 2. The molecule has 1 heterocycles. The van der Waals surface area contributed by atoms with Gasteiger partial charge in [0, 0.05) is 31.6 Å². The van der Waals surface area contributed by atoms with E-state index >= 15 is 0 Å². The van der Waals surface area contributed by atoms with Crippen molar-refractivity contribution in [3.8, 4) is 0 Å². The maximum atomic E-state index is 13.4. The zero-order chi connectivity index (χ0) is 13.7. The average Bonchev–Trinajstić information content (AvgIpc) is 2.40. The minimum Gasteiger partial charge on any atom is -0.338 e. The number of likely N-dealkylation sites (tertiary alicyclic amines) is 1. The number of rotatable bonds is 3. The van der Waals surface area contributed by atoms with Crippen molar-refractivity contribution in [2.45, 2.75) is 45.2 Å². The van der Waals surface area contributed by atoms with Crippen LogP contribution in [0, 0.1) is 5.82 Å². The van der Waals surface area contributed by atoms with Crippen molar-refractivity contribution in [1.82, 2.24) is 4.90 Å². The van der Waals surface area contributed by atoms with Crippen molar-refractivity contribution in [1.29, 1.82) is 0 Å². The molecule has 0 atom stereocenters. The molecule has 3 nitrogen and oxygen atoms in total. The lowest BCUT2D eigenvalue weighted by atomic mass is 10.1. The molecule has 2 N–H and O–H groups in total. The number of amides is 1. The molecule has 104 valence electrons. The molecule has 1 amide bonds. The number of nitrogens with zero attached hydrogens (tertiary/aromatic N) is 1. The highest BCUT2D eigenvalue weighted by molar-refractivity contribution is 5.76. The van der Waals surface area contributed by atoms with Gasteiger partial charge in [0.05, 0.1) is 0 Å². The Morgan fingerprint density at radius 3 is 2.79 bits per heavy atom. The second kappa shape index (κ2) is 6.66. The molecule has 0 radical (unpaired) electrons. The van der Waals surface area contributed by atoms with Gasteiger partial charge in [0.25, 0.3) is 0 Å². The van der Waals surface area contributed by atoms with Crippen LogP contribution in [0.3, 0.4) is 0 Å². The Labute approximate surface area is 113 Å². The van der Waals surface area contributed by atoms with Crippen LogP contribution in [0.5, 0.6) is 0 Å². The van der Waals surface area contributed by atoms with Crippen LogP contribution in [0.2, 0.25) is 0 Å². The molecule has 1 aromatic rings. The number of hydrogen-bond donors (Lipinski definition) is 1. The smallest absolute Gasteiger partial charge is 0.222 e. The van der Waals surface area contributed by atoms with Crippen LogP contribution in [0.1, 0.15) is 43.2 Å². The summed E-state index contributed by atoms with van der Waals surface area (Å²) in [5.74, 6) is -0.0661. The maximum Gasteiger partial charge on any atom is 0.222 e. The van der Waals surface area contributed by atoms with Gasteiger partial charge in [-0.15, -0.1) is 0 Å². The van der Waals surface area contributed by atoms with Gasteiger partial charge >= 0.3 is 0 Å². The SMILES string of the molecule is NCc1cc(CN2CCCCCCC2=O)ccc1F. The van der Waals surface area contributed by atoms with Crippen LogP contribution in [0.4, 0.5) is 4.39 Å². The second-order valence-electron chi connectivity index (χ2n) is 5.11. The maximum absolute atomic E-state index is 13.4. The number of halogens is 1. The van der Waals surface area contributed by atoms with E-state index in [2.05, 4.69) is 0 Å². The summed E-state index contributed by atoms with van der Waals surface area (Å²) in [5, 5.41) is 0. The van der Waals surface area contributed by atoms with E-state index in [0.717, 1.165) is 31.4 Å². The van der Waals surface area contributed by atoms with Crippen molar-refractivity contribution in [2.24, 2.45) is 5.73 Å². The third-order valence-electron chi connectivity index (χ3n) is 3.62. The third-order valence-corrected chi connectivity index (χ3v) is 3.62. The van der Waals surface area contributed by atoms with Crippen LogP contribution >= 0.6 is 0 Å². The van der Waals surface area contributed by atoms with Gasteiger partial charge in [-0.25, -0.2) is 4.39 Å². The van der Waals surface area contributed by atoms with Gasteiger partial charge in [0.2, 0.25) is 5.91 Å². The van der Waals surface area contributed by atoms with E-state index in [1.165, 1.54) is 12.5 Å². The van der Waals surface area contributed by atoms with E-state index in [9.17, 15) is 9.18 Å². The van der Waals surface area contributed by atoms with Gasteiger partial charge in [-0.1, -0.05) is 18.9 Å². The van der Waals surface area contributed by atoms with Crippen molar-refractivity contribution >= 4 is 5.91 Å². The molecular weight excluding hydrogens is 243 g/mol. The predicted octanol–water partition coefficient (Wildman–Crippen LogP) is 2.58. The lowest BCUT2D eigenvalue weighted by Gasteiger charge is -2.25. The van der Waals surface area contributed by atoms with Crippen LogP contribution in [0.25, 0.3) is 0 Å². The molecule has 19 heavy (non-hydrogen) atoms. The van der Waals surface area contributed by atoms with Crippen LogP contribution in [-0.4, -0.2) is 17.4 Å². The summed E-state index contributed by atoms with van der Waals surface area (Å²) in [5.41, 5.74) is 6.97. The molecule has 2 rings (SSSR count). The summed E-state index contributed by atoms with van der Waals surface area (Å²) in [4.78, 5) is 13.9. The van der Waals surface area contributed by atoms with E-state index in [1.807, 2.05) is 4.90 Å². The van der Waals surface area contributed by atoms with E-state index in [-0.39, 0.29) is 18.3 Å². The van der Waals surface area contributed by atoms with Crippen LogP contribution in [-0.2, 0) is 17.9 Å². The number of carbonyl (C=O) groups excluding carboxylic acids is 1. The molecule has 0 unspecified atom stereocenters. The van der Waals surface area contributed by atoms with Crippen molar-refractivity contribution in [2.75, 3.05) is 6.54 Å². The molecule has 1 aliphatic heterocycles. The third kappa shape index (κ3) is 3.77. The van der Waals surface area contributed by atoms with Crippen molar-refractivity contribution < 1.29 is 9.18 Å². The largest absolute Gasteiger partial charge is 0.338 e. The Kier molecular flexibility index (Phi) is 4.91. The summed E-state index contributed by atoms with van der Waals surface area (Å²) in [6, 6.07) is 4.94. The zero-order valence-corrected chi connectivity index (χ0v) is 11.2. The summed E-state index contributed by atoms with van der Waals surface area (Å²) < 4.78 is 13.4. The molecule has 0 spiro atoms. The topological polar surface area (TPSA) is 46.3 Å².